The lowest BCUT2D eigenvalue weighted by atomic mass is 10.1. The van der Waals surface area contributed by atoms with Crippen LogP contribution in [0.2, 0.25) is 0 Å². The third-order valence-electron chi connectivity index (χ3n) is 3.30. The highest BCUT2D eigenvalue weighted by atomic mass is 16.5. The van der Waals surface area contributed by atoms with E-state index in [1.807, 2.05) is 14.1 Å². The highest BCUT2D eigenvalue weighted by Crippen LogP contribution is 2.14. The van der Waals surface area contributed by atoms with E-state index in [-0.39, 0.29) is 11.5 Å². The van der Waals surface area contributed by atoms with E-state index < -0.39 is 0 Å². The molecule has 0 aromatic carbocycles. The highest BCUT2D eigenvalue weighted by Gasteiger charge is 2.22. The van der Waals surface area contributed by atoms with Crippen LogP contribution in [0.1, 0.15) is 13.8 Å². The van der Waals surface area contributed by atoms with Crippen molar-refractivity contribution < 1.29 is 4.74 Å². The Balaban J connectivity index is 2.22. The van der Waals surface area contributed by atoms with Crippen molar-refractivity contribution in [2.24, 2.45) is 0 Å². The van der Waals surface area contributed by atoms with E-state index >= 15 is 0 Å². The molecule has 0 saturated heterocycles. The summed E-state index contributed by atoms with van der Waals surface area (Å²) in [4.78, 5) is 14.8. The molecule has 0 aliphatic carbocycles. The quantitative estimate of drug-likeness (QED) is 0.843. The molecule has 0 atom stereocenters. The zero-order valence-electron chi connectivity index (χ0n) is 13.0. The van der Waals surface area contributed by atoms with Crippen molar-refractivity contribution >= 4 is 5.95 Å². The van der Waals surface area contributed by atoms with Crippen molar-refractivity contribution in [1.29, 1.82) is 0 Å². The van der Waals surface area contributed by atoms with E-state index in [1.54, 1.807) is 30.2 Å². The van der Waals surface area contributed by atoms with Crippen LogP contribution in [0.3, 0.4) is 0 Å². The molecule has 0 amide bonds. The van der Waals surface area contributed by atoms with Crippen LogP contribution in [0.15, 0.2) is 18.5 Å². The van der Waals surface area contributed by atoms with Gasteiger partial charge in [-0.15, -0.1) is 0 Å². The fraction of sp³-hybridized carbons (Fsp3) is 0.538. The van der Waals surface area contributed by atoms with Crippen LogP contribution in [0, 0.1) is 0 Å². The van der Waals surface area contributed by atoms with Gasteiger partial charge in [-0.2, -0.15) is 20.1 Å². The van der Waals surface area contributed by atoms with Gasteiger partial charge in [-0.05, 0) is 34.0 Å². The third kappa shape index (κ3) is 3.66. The van der Waals surface area contributed by atoms with Crippen LogP contribution in [-0.2, 0) is 0 Å². The van der Waals surface area contributed by atoms with Gasteiger partial charge >= 0.3 is 6.01 Å². The Labute approximate surface area is 124 Å². The molecule has 2 aromatic rings. The van der Waals surface area contributed by atoms with E-state index in [4.69, 9.17) is 4.74 Å². The molecular formula is C13H21N7O. The highest BCUT2D eigenvalue weighted by molar-refractivity contribution is 5.29. The third-order valence-corrected chi connectivity index (χ3v) is 3.30. The largest absolute Gasteiger partial charge is 0.461 e. The predicted molar refractivity (Wildman–Crippen MR) is 79.8 cm³/mol. The van der Waals surface area contributed by atoms with Gasteiger partial charge in [0.25, 0.3) is 5.95 Å². The van der Waals surface area contributed by atoms with Gasteiger partial charge in [0, 0.05) is 25.0 Å². The van der Waals surface area contributed by atoms with E-state index in [0.717, 1.165) is 0 Å². The summed E-state index contributed by atoms with van der Waals surface area (Å²) in [6, 6.07) is 2.08. The summed E-state index contributed by atoms with van der Waals surface area (Å²) in [5.74, 6) is 0.852. The Bertz CT molecular complexity index is 580. The van der Waals surface area contributed by atoms with Crippen molar-refractivity contribution in [3.63, 3.8) is 0 Å². The molecule has 0 bridgehead atoms. The molecule has 114 valence electrons. The minimum atomic E-state index is -0.127. The molecule has 2 rings (SSSR count). The topological polar surface area (TPSA) is 81.0 Å². The van der Waals surface area contributed by atoms with Crippen molar-refractivity contribution in [3.8, 4) is 12.0 Å². The molecule has 0 fully saturated rings. The lowest BCUT2D eigenvalue weighted by Gasteiger charge is -2.31. The summed E-state index contributed by atoms with van der Waals surface area (Å²) in [6.45, 7) is 4.63. The molecule has 0 saturated carbocycles. The average molecular weight is 291 g/mol. The van der Waals surface area contributed by atoms with Crippen LogP contribution in [0.4, 0.5) is 5.95 Å². The van der Waals surface area contributed by atoms with E-state index in [9.17, 15) is 0 Å². The number of hydrogen-bond donors (Lipinski definition) is 1. The molecule has 0 radical (unpaired) electrons. The van der Waals surface area contributed by atoms with Gasteiger partial charge in [0.05, 0.1) is 0 Å². The molecule has 2 heterocycles. The summed E-state index contributed by atoms with van der Waals surface area (Å²) in [6.07, 6.45) is 3.43. The van der Waals surface area contributed by atoms with Gasteiger partial charge in [-0.3, -0.25) is 0 Å². The summed E-state index contributed by atoms with van der Waals surface area (Å²) in [7, 11) is 5.76. The Morgan fingerprint density at radius 1 is 1.29 bits per heavy atom. The number of nitrogens with one attached hydrogen (secondary N) is 1. The Morgan fingerprint density at radius 3 is 2.62 bits per heavy atom. The summed E-state index contributed by atoms with van der Waals surface area (Å²) >= 11 is 0. The fourth-order valence-electron chi connectivity index (χ4n) is 1.38. The van der Waals surface area contributed by atoms with Crippen LogP contribution >= 0.6 is 0 Å². The van der Waals surface area contributed by atoms with Gasteiger partial charge < -0.3 is 15.0 Å². The Kier molecular flexibility index (Phi) is 4.37. The number of ether oxygens (including phenoxy) is 1. The maximum atomic E-state index is 5.73. The number of anilines is 1. The van der Waals surface area contributed by atoms with Crippen molar-refractivity contribution in [1.82, 2.24) is 29.6 Å². The second-order valence-electron chi connectivity index (χ2n) is 5.44. The summed E-state index contributed by atoms with van der Waals surface area (Å²) in [5.41, 5.74) is -0.127. The average Bonchev–Trinajstić information content (AvgIpc) is 2.99. The Hall–Kier alpha value is -2.22. The van der Waals surface area contributed by atoms with Crippen molar-refractivity contribution in [3.05, 3.63) is 18.5 Å². The molecule has 1 N–H and O–H groups in total. The zero-order chi connectivity index (χ0) is 15.5. The molecule has 8 heteroatoms. The van der Waals surface area contributed by atoms with Gasteiger partial charge in [0.2, 0.25) is 5.95 Å². The molecule has 0 aliphatic rings. The predicted octanol–water partition coefficient (Wildman–Crippen LogP) is 0.818. The lowest BCUT2D eigenvalue weighted by molar-refractivity contribution is 0.107. The van der Waals surface area contributed by atoms with Crippen LogP contribution in [0.5, 0.6) is 6.01 Å². The number of hydrogen-bond acceptors (Lipinski definition) is 7. The van der Waals surface area contributed by atoms with Crippen LogP contribution in [0.25, 0.3) is 5.95 Å². The molecule has 0 unspecified atom stereocenters. The molecular weight excluding hydrogens is 270 g/mol. The number of nitrogens with zero attached hydrogens (tertiary/aromatic N) is 6. The van der Waals surface area contributed by atoms with Gasteiger partial charge in [0.1, 0.15) is 6.61 Å². The first-order valence-corrected chi connectivity index (χ1v) is 6.66. The monoisotopic (exact) mass is 291 g/mol. The second kappa shape index (κ2) is 6.04. The van der Waals surface area contributed by atoms with E-state index in [2.05, 4.69) is 44.1 Å². The molecule has 2 aromatic heterocycles. The zero-order valence-corrected chi connectivity index (χ0v) is 13.0. The van der Waals surface area contributed by atoms with Crippen molar-refractivity contribution in [2.75, 3.05) is 33.1 Å². The molecule has 0 aliphatic heterocycles. The lowest BCUT2D eigenvalue weighted by Crippen LogP contribution is -2.43. The fourth-order valence-corrected chi connectivity index (χ4v) is 1.38. The maximum Gasteiger partial charge on any atom is 0.323 e. The van der Waals surface area contributed by atoms with Crippen LogP contribution < -0.4 is 10.1 Å². The molecule has 8 nitrogen and oxygen atoms in total. The van der Waals surface area contributed by atoms with Gasteiger partial charge in [-0.1, -0.05) is 0 Å². The Morgan fingerprint density at radius 2 is 2.05 bits per heavy atom. The van der Waals surface area contributed by atoms with Crippen molar-refractivity contribution in [2.45, 2.75) is 19.4 Å². The first-order chi connectivity index (χ1) is 9.92. The maximum absolute atomic E-state index is 5.73. The van der Waals surface area contributed by atoms with E-state index in [0.29, 0.717) is 18.5 Å². The first kappa shape index (κ1) is 15.2. The molecule has 0 spiro atoms. The first-order valence-electron chi connectivity index (χ1n) is 6.66. The SMILES string of the molecule is CNc1nc(OCC(C)(C)N(C)C)nc(-n2cccn2)n1. The summed E-state index contributed by atoms with van der Waals surface area (Å²) in [5, 5.41) is 7.01. The van der Waals surface area contributed by atoms with Gasteiger partial charge in [0.15, 0.2) is 0 Å². The number of rotatable bonds is 6. The van der Waals surface area contributed by atoms with Crippen LogP contribution in [-0.4, -0.2) is 62.9 Å². The normalized spacial score (nSPS) is 11.7. The standard InChI is InChI=1S/C13H21N7O/c1-13(2,19(4)5)9-21-12-17-10(14-3)16-11(18-12)20-8-6-7-15-20/h6-8H,9H2,1-5H3,(H,14,16,17,18). The molecule has 21 heavy (non-hydrogen) atoms. The minimum Gasteiger partial charge on any atom is -0.461 e. The minimum absolute atomic E-state index is 0.127. The number of aromatic nitrogens is 5. The second-order valence-corrected chi connectivity index (χ2v) is 5.44. The van der Waals surface area contributed by atoms with Gasteiger partial charge in [-0.25, -0.2) is 4.68 Å². The number of likely N-dealkylation sites (N-methyl/N-ethyl adjacent to an activating group) is 1. The smallest absolute Gasteiger partial charge is 0.323 e. The summed E-state index contributed by atoms with van der Waals surface area (Å²) < 4.78 is 7.29. The van der Waals surface area contributed by atoms with E-state index in [1.165, 1.54) is 0 Å².